The summed E-state index contributed by atoms with van der Waals surface area (Å²) in [6, 6.07) is 4.36. The molecule has 3 rings (SSSR count). The summed E-state index contributed by atoms with van der Waals surface area (Å²) >= 11 is 1.48. The molecule has 1 saturated heterocycles. The van der Waals surface area contributed by atoms with Gasteiger partial charge in [0.05, 0.1) is 11.3 Å². The van der Waals surface area contributed by atoms with Gasteiger partial charge in [0.15, 0.2) is 5.16 Å². The van der Waals surface area contributed by atoms with E-state index in [0.29, 0.717) is 0 Å². The third-order valence-electron chi connectivity index (χ3n) is 4.66. The first-order valence-corrected chi connectivity index (χ1v) is 9.38. The Morgan fingerprint density at radius 1 is 1.29 bits per heavy atom. The molecule has 1 amide bonds. The van der Waals surface area contributed by atoms with E-state index in [1.54, 1.807) is 6.33 Å². The highest BCUT2D eigenvalue weighted by Gasteiger charge is 2.31. The van der Waals surface area contributed by atoms with Crippen molar-refractivity contribution in [3.63, 3.8) is 0 Å². The van der Waals surface area contributed by atoms with Gasteiger partial charge in [-0.15, -0.1) is 10.2 Å². The SMILES string of the molecule is C[C@H](Sc1nncn1C)C(=O)N1CCCCC[C@@H]1c1cccn1C. The normalized spacial score (nSPS) is 20.0. The van der Waals surface area contributed by atoms with Crippen molar-refractivity contribution in [3.8, 4) is 0 Å². The van der Waals surface area contributed by atoms with Gasteiger partial charge in [-0.05, 0) is 31.9 Å². The number of hydrogen-bond acceptors (Lipinski definition) is 4. The molecule has 7 heteroatoms. The molecule has 0 radical (unpaired) electrons. The van der Waals surface area contributed by atoms with Crippen LogP contribution in [0.3, 0.4) is 0 Å². The molecule has 2 aromatic rings. The van der Waals surface area contributed by atoms with Crippen molar-refractivity contribution in [1.82, 2.24) is 24.2 Å². The molecule has 6 nitrogen and oxygen atoms in total. The van der Waals surface area contributed by atoms with Crippen molar-refractivity contribution in [3.05, 3.63) is 30.4 Å². The summed E-state index contributed by atoms with van der Waals surface area (Å²) in [5, 5.41) is 8.58. The maximum atomic E-state index is 13.1. The summed E-state index contributed by atoms with van der Waals surface area (Å²) in [5.74, 6) is 0.191. The van der Waals surface area contributed by atoms with E-state index in [4.69, 9.17) is 0 Å². The lowest BCUT2D eigenvalue weighted by atomic mass is 10.1. The fourth-order valence-corrected chi connectivity index (χ4v) is 4.18. The number of carbonyl (C=O) groups excluding carboxylic acids is 1. The lowest BCUT2D eigenvalue weighted by molar-refractivity contribution is -0.132. The van der Waals surface area contributed by atoms with Crippen LogP contribution in [0.15, 0.2) is 29.8 Å². The molecular formula is C17H25N5OS. The predicted octanol–water partition coefficient (Wildman–Crippen LogP) is 2.78. The number of aryl methyl sites for hydroxylation is 2. The highest BCUT2D eigenvalue weighted by molar-refractivity contribution is 8.00. The van der Waals surface area contributed by atoms with Gasteiger partial charge in [0.25, 0.3) is 0 Å². The fraction of sp³-hybridized carbons (Fsp3) is 0.588. The standard InChI is InChI=1S/C17H25N5OS/c1-13(24-17-19-18-12-21(17)3)16(23)22-11-6-4-5-8-15(22)14-9-7-10-20(14)2/h7,9-10,12-13,15H,4-6,8,11H2,1-3H3/t13-,15+/m0/s1. The van der Waals surface area contributed by atoms with Gasteiger partial charge in [-0.25, -0.2) is 0 Å². The number of likely N-dealkylation sites (tertiary alicyclic amines) is 1. The van der Waals surface area contributed by atoms with E-state index in [1.807, 2.05) is 18.5 Å². The Bertz CT molecular complexity index is 695. The molecule has 0 bridgehead atoms. The summed E-state index contributed by atoms with van der Waals surface area (Å²) in [6.45, 7) is 2.80. The van der Waals surface area contributed by atoms with Crippen molar-refractivity contribution in [2.24, 2.45) is 14.1 Å². The van der Waals surface area contributed by atoms with Crippen LogP contribution in [0.25, 0.3) is 0 Å². The number of aromatic nitrogens is 4. The van der Waals surface area contributed by atoms with Gasteiger partial charge < -0.3 is 14.0 Å². The first-order valence-electron chi connectivity index (χ1n) is 8.50. The number of rotatable bonds is 4. The average molecular weight is 347 g/mol. The van der Waals surface area contributed by atoms with E-state index in [9.17, 15) is 4.79 Å². The molecule has 0 aliphatic carbocycles. The molecule has 2 atom stereocenters. The third kappa shape index (κ3) is 3.50. The molecular weight excluding hydrogens is 322 g/mol. The molecule has 0 saturated carbocycles. The Morgan fingerprint density at radius 3 is 2.79 bits per heavy atom. The molecule has 2 aromatic heterocycles. The summed E-state index contributed by atoms with van der Waals surface area (Å²) in [7, 11) is 3.96. The lowest BCUT2D eigenvalue weighted by Gasteiger charge is -2.32. The molecule has 1 fully saturated rings. The monoisotopic (exact) mass is 347 g/mol. The number of hydrogen-bond donors (Lipinski definition) is 0. The van der Waals surface area contributed by atoms with Crippen LogP contribution in [-0.4, -0.2) is 41.9 Å². The minimum Gasteiger partial charge on any atom is -0.353 e. The van der Waals surface area contributed by atoms with Crippen molar-refractivity contribution < 1.29 is 4.79 Å². The summed E-state index contributed by atoms with van der Waals surface area (Å²) < 4.78 is 3.99. The van der Waals surface area contributed by atoms with E-state index >= 15 is 0 Å². The molecule has 1 aliphatic rings. The molecule has 0 unspecified atom stereocenters. The van der Waals surface area contributed by atoms with Crippen LogP contribution in [0.5, 0.6) is 0 Å². The maximum Gasteiger partial charge on any atom is 0.236 e. The number of amides is 1. The Morgan fingerprint density at radius 2 is 2.12 bits per heavy atom. The molecule has 24 heavy (non-hydrogen) atoms. The minimum atomic E-state index is -0.172. The van der Waals surface area contributed by atoms with Crippen molar-refractivity contribution in [2.75, 3.05) is 6.54 Å². The van der Waals surface area contributed by atoms with Gasteiger partial charge in [-0.1, -0.05) is 24.6 Å². The Labute approximate surface area is 147 Å². The van der Waals surface area contributed by atoms with Crippen LogP contribution in [0, 0.1) is 0 Å². The maximum absolute atomic E-state index is 13.1. The summed E-state index contributed by atoms with van der Waals surface area (Å²) in [5.41, 5.74) is 1.22. The van der Waals surface area contributed by atoms with Crippen LogP contribution in [0.2, 0.25) is 0 Å². The quantitative estimate of drug-likeness (QED) is 0.798. The highest BCUT2D eigenvalue weighted by Crippen LogP contribution is 2.32. The topological polar surface area (TPSA) is 56.0 Å². The largest absolute Gasteiger partial charge is 0.353 e. The van der Waals surface area contributed by atoms with E-state index in [1.165, 1.54) is 30.3 Å². The van der Waals surface area contributed by atoms with Crippen LogP contribution in [-0.2, 0) is 18.9 Å². The van der Waals surface area contributed by atoms with Crippen molar-refractivity contribution in [1.29, 1.82) is 0 Å². The zero-order valence-electron chi connectivity index (χ0n) is 14.6. The first-order chi connectivity index (χ1) is 11.6. The van der Waals surface area contributed by atoms with E-state index in [-0.39, 0.29) is 17.2 Å². The second kappa shape index (κ2) is 7.42. The average Bonchev–Trinajstić information content (AvgIpc) is 3.08. The van der Waals surface area contributed by atoms with Gasteiger partial charge in [0.1, 0.15) is 6.33 Å². The second-order valence-electron chi connectivity index (χ2n) is 6.43. The van der Waals surface area contributed by atoms with E-state index < -0.39 is 0 Å². The molecule has 0 aromatic carbocycles. The molecule has 0 spiro atoms. The lowest BCUT2D eigenvalue weighted by Crippen LogP contribution is -2.40. The zero-order valence-corrected chi connectivity index (χ0v) is 15.4. The van der Waals surface area contributed by atoms with Crippen LogP contribution < -0.4 is 0 Å². The second-order valence-corrected chi connectivity index (χ2v) is 7.73. The van der Waals surface area contributed by atoms with Gasteiger partial charge >= 0.3 is 0 Å². The summed E-state index contributed by atoms with van der Waals surface area (Å²) in [4.78, 5) is 15.2. The number of thioether (sulfide) groups is 1. The molecule has 3 heterocycles. The Kier molecular flexibility index (Phi) is 5.28. The highest BCUT2D eigenvalue weighted by atomic mass is 32.2. The smallest absolute Gasteiger partial charge is 0.236 e. The van der Waals surface area contributed by atoms with Crippen molar-refractivity contribution in [2.45, 2.75) is 49.1 Å². The number of carbonyl (C=O) groups is 1. The van der Waals surface area contributed by atoms with Crippen LogP contribution in [0.1, 0.15) is 44.3 Å². The van der Waals surface area contributed by atoms with Gasteiger partial charge in [0.2, 0.25) is 5.91 Å². The Hall–Kier alpha value is -1.76. The third-order valence-corrected chi connectivity index (χ3v) is 5.80. The molecule has 130 valence electrons. The summed E-state index contributed by atoms with van der Waals surface area (Å²) in [6.07, 6.45) is 8.19. The van der Waals surface area contributed by atoms with E-state index in [2.05, 4.69) is 45.0 Å². The van der Waals surface area contributed by atoms with Gasteiger partial charge in [0, 0.05) is 32.5 Å². The van der Waals surface area contributed by atoms with Crippen LogP contribution in [0.4, 0.5) is 0 Å². The van der Waals surface area contributed by atoms with Gasteiger partial charge in [-0.2, -0.15) is 0 Å². The van der Waals surface area contributed by atoms with Crippen molar-refractivity contribution >= 4 is 17.7 Å². The van der Waals surface area contributed by atoms with E-state index in [0.717, 1.165) is 24.5 Å². The number of nitrogens with zero attached hydrogens (tertiary/aromatic N) is 5. The zero-order chi connectivity index (χ0) is 17.1. The first kappa shape index (κ1) is 17.1. The predicted molar refractivity (Wildman–Crippen MR) is 94.7 cm³/mol. The minimum absolute atomic E-state index is 0.169. The van der Waals surface area contributed by atoms with Gasteiger partial charge in [-0.3, -0.25) is 4.79 Å². The fourth-order valence-electron chi connectivity index (χ4n) is 3.32. The van der Waals surface area contributed by atoms with Crippen LogP contribution >= 0.6 is 11.8 Å². The molecule has 1 aliphatic heterocycles. The molecule has 0 N–H and O–H groups in total. The Balaban J connectivity index is 1.79.